The minimum absolute atomic E-state index is 0.113. The molecule has 2 aromatic carbocycles. The van der Waals surface area contributed by atoms with Crippen molar-refractivity contribution in [2.45, 2.75) is 11.3 Å². The molecule has 0 aliphatic rings. The average molecular weight is 363 g/mol. The van der Waals surface area contributed by atoms with Crippen LogP contribution in [0.5, 0.6) is 0 Å². The van der Waals surface area contributed by atoms with Crippen LogP contribution in [0.15, 0.2) is 65.8 Å². The van der Waals surface area contributed by atoms with Crippen LogP contribution in [0.25, 0.3) is 5.69 Å². The molecule has 0 amide bonds. The third-order valence-electron chi connectivity index (χ3n) is 3.56. The summed E-state index contributed by atoms with van der Waals surface area (Å²) in [6.07, 6.45) is 3.87. The molecule has 130 valence electrons. The molecular weight excluding hydrogens is 348 g/mol. The number of aromatic nitrogens is 2. The number of nitrogens with one attached hydrogen (secondary N) is 1. The Morgan fingerprint density at radius 1 is 1.04 bits per heavy atom. The van der Waals surface area contributed by atoms with E-state index in [0.29, 0.717) is 12.5 Å². The van der Waals surface area contributed by atoms with Gasteiger partial charge in [-0.3, -0.25) is 0 Å². The topological polar surface area (TPSA) is 64.0 Å². The number of para-hydroxylation sites is 1. The van der Waals surface area contributed by atoms with E-state index in [1.807, 2.05) is 30.3 Å². The standard InChI is InChI=1S/C17H15F2N3O2S/c18-16-7-6-15(10-17(16)19)25(23,24)21-9-8-13-11-20-22(12-13)14-4-2-1-3-5-14/h1-7,10-12,21H,8-9H2. The summed E-state index contributed by atoms with van der Waals surface area (Å²) < 4.78 is 54.3. The summed E-state index contributed by atoms with van der Waals surface area (Å²) in [5.74, 6) is -2.29. The van der Waals surface area contributed by atoms with Crippen molar-refractivity contribution in [2.24, 2.45) is 0 Å². The number of hydrogen-bond acceptors (Lipinski definition) is 3. The van der Waals surface area contributed by atoms with Crippen LogP contribution in [0.1, 0.15) is 5.56 Å². The molecule has 3 rings (SSSR count). The van der Waals surface area contributed by atoms with Gasteiger partial charge in [0.05, 0.1) is 16.8 Å². The molecule has 0 unspecified atom stereocenters. The van der Waals surface area contributed by atoms with Gasteiger partial charge >= 0.3 is 0 Å². The highest BCUT2D eigenvalue weighted by Gasteiger charge is 2.16. The Morgan fingerprint density at radius 3 is 2.52 bits per heavy atom. The molecule has 8 heteroatoms. The van der Waals surface area contributed by atoms with Crippen molar-refractivity contribution in [3.63, 3.8) is 0 Å². The van der Waals surface area contributed by atoms with E-state index in [1.165, 1.54) is 0 Å². The SMILES string of the molecule is O=S(=O)(NCCc1cnn(-c2ccccc2)c1)c1ccc(F)c(F)c1. The molecule has 3 aromatic rings. The predicted octanol–water partition coefficient (Wildman–Crippen LogP) is 2.67. The summed E-state index contributed by atoms with van der Waals surface area (Å²) in [5, 5.41) is 4.23. The van der Waals surface area contributed by atoms with Crippen molar-refractivity contribution in [3.05, 3.63) is 78.1 Å². The Hall–Kier alpha value is -2.58. The summed E-state index contributed by atoms with van der Waals surface area (Å²) in [6, 6.07) is 12.0. The Bertz CT molecular complexity index is 973. The van der Waals surface area contributed by atoms with Gasteiger partial charge < -0.3 is 0 Å². The van der Waals surface area contributed by atoms with Crippen LogP contribution in [0.4, 0.5) is 8.78 Å². The fourth-order valence-corrected chi connectivity index (χ4v) is 3.31. The molecule has 0 radical (unpaired) electrons. The smallest absolute Gasteiger partial charge is 0.240 e. The van der Waals surface area contributed by atoms with Crippen molar-refractivity contribution in [1.29, 1.82) is 0 Å². The van der Waals surface area contributed by atoms with Crippen LogP contribution in [-0.2, 0) is 16.4 Å². The van der Waals surface area contributed by atoms with Crippen LogP contribution < -0.4 is 4.72 Å². The second-order valence-corrected chi connectivity index (χ2v) is 7.12. The van der Waals surface area contributed by atoms with Crippen molar-refractivity contribution < 1.29 is 17.2 Å². The molecular formula is C17H15F2N3O2S. The quantitative estimate of drug-likeness (QED) is 0.732. The number of nitrogens with zero attached hydrogens (tertiary/aromatic N) is 2. The predicted molar refractivity (Wildman–Crippen MR) is 88.8 cm³/mol. The number of benzene rings is 2. The number of rotatable bonds is 6. The largest absolute Gasteiger partial charge is 0.241 e. The lowest BCUT2D eigenvalue weighted by Gasteiger charge is -2.06. The fourth-order valence-electron chi connectivity index (χ4n) is 2.27. The van der Waals surface area contributed by atoms with Gasteiger partial charge in [-0.1, -0.05) is 18.2 Å². The molecule has 1 aromatic heterocycles. The maximum Gasteiger partial charge on any atom is 0.240 e. The van der Waals surface area contributed by atoms with E-state index in [0.717, 1.165) is 23.4 Å². The van der Waals surface area contributed by atoms with Crippen molar-refractivity contribution >= 4 is 10.0 Å². The van der Waals surface area contributed by atoms with Gasteiger partial charge in [0.1, 0.15) is 0 Å². The molecule has 0 fully saturated rings. The third kappa shape index (κ3) is 4.09. The molecule has 5 nitrogen and oxygen atoms in total. The Balaban J connectivity index is 1.63. The first-order valence-electron chi connectivity index (χ1n) is 7.49. The van der Waals surface area contributed by atoms with Crippen molar-refractivity contribution in [3.8, 4) is 5.69 Å². The van der Waals surface area contributed by atoms with Crippen LogP contribution in [-0.4, -0.2) is 24.7 Å². The van der Waals surface area contributed by atoms with Crippen LogP contribution in [0, 0.1) is 11.6 Å². The Labute approximate surface area is 144 Å². The first kappa shape index (κ1) is 17.2. The van der Waals surface area contributed by atoms with Crippen LogP contribution in [0.3, 0.4) is 0 Å². The van der Waals surface area contributed by atoms with E-state index in [1.54, 1.807) is 17.1 Å². The fraction of sp³-hybridized carbons (Fsp3) is 0.118. The molecule has 0 spiro atoms. The van der Waals surface area contributed by atoms with E-state index in [9.17, 15) is 17.2 Å². The van der Waals surface area contributed by atoms with E-state index in [2.05, 4.69) is 9.82 Å². The monoisotopic (exact) mass is 363 g/mol. The molecule has 25 heavy (non-hydrogen) atoms. The number of sulfonamides is 1. The first-order chi connectivity index (χ1) is 12.0. The third-order valence-corrected chi connectivity index (χ3v) is 5.02. The van der Waals surface area contributed by atoms with Gasteiger partial charge in [-0.05, 0) is 42.3 Å². The molecule has 0 saturated heterocycles. The Kier molecular flexibility index (Phi) is 4.91. The highest BCUT2D eigenvalue weighted by molar-refractivity contribution is 7.89. The minimum atomic E-state index is -3.90. The van der Waals surface area contributed by atoms with E-state index in [4.69, 9.17) is 0 Å². The second kappa shape index (κ2) is 7.12. The van der Waals surface area contributed by atoms with Gasteiger partial charge in [-0.2, -0.15) is 5.10 Å². The van der Waals surface area contributed by atoms with Gasteiger partial charge in [0.25, 0.3) is 0 Å². The van der Waals surface area contributed by atoms with Gasteiger partial charge in [-0.25, -0.2) is 26.6 Å². The lowest BCUT2D eigenvalue weighted by atomic mass is 10.2. The zero-order chi connectivity index (χ0) is 17.9. The molecule has 0 bridgehead atoms. The lowest BCUT2D eigenvalue weighted by Crippen LogP contribution is -2.26. The number of hydrogen-bond donors (Lipinski definition) is 1. The summed E-state index contributed by atoms with van der Waals surface area (Å²) in [4.78, 5) is -0.314. The lowest BCUT2D eigenvalue weighted by molar-refractivity contribution is 0.504. The van der Waals surface area contributed by atoms with Gasteiger partial charge in [0.15, 0.2) is 11.6 Å². The summed E-state index contributed by atoms with van der Waals surface area (Å²) in [7, 11) is -3.90. The maximum absolute atomic E-state index is 13.2. The maximum atomic E-state index is 13.2. The van der Waals surface area contributed by atoms with Gasteiger partial charge in [0.2, 0.25) is 10.0 Å². The first-order valence-corrected chi connectivity index (χ1v) is 8.98. The normalized spacial score (nSPS) is 11.6. The van der Waals surface area contributed by atoms with E-state index < -0.39 is 21.7 Å². The molecule has 0 atom stereocenters. The molecule has 0 aliphatic carbocycles. The van der Waals surface area contributed by atoms with Gasteiger partial charge in [-0.15, -0.1) is 0 Å². The second-order valence-electron chi connectivity index (χ2n) is 5.35. The highest BCUT2D eigenvalue weighted by atomic mass is 32.2. The molecule has 1 heterocycles. The van der Waals surface area contributed by atoms with Crippen LogP contribution >= 0.6 is 0 Å². The summed E-state index contributed by atoms with van der Waals surface area (Å²) >= 11 is 0. The molecule has 1 N–H and O–H groups in total. The summed E-state index contributed by atoms with van der Waals surface area (Å²) in [5.41, 5.74) is 1.74. The van der Waals surface area contributed by atoms with Crippen molar-refractivity contribution in [1.82, 2.24) is 14.5 Å². The zero-order valence-electron chi connectivity index (χ0n) is 13.1. The highest BCUT2D eigenvalue weighted by Crippen LogP contribution is 2.14. The number of halogens is 2. The van der Waals surface area contributed by atoms with E-state index >= 15 is 0 Å². The summed E-state index contributed by atoms with van der Waals surface area (Å²) in [6.45, 7) is 0.113. The van der Waals surface area contributed by atoms with Crippen LogP contribution in [0.2, 0.25) is 0 Å². The zero-order valence-corrected chi connectivity index (χ0v) is 13.9. The Morgan fingerprint density at radius 2 is 1.80 bits per heavy atom. The molecule has 0 saturated carbocycles. The molecule has 0 aliphatic heterocycles. The minimum Gasteiger partial charge on any atom is -0.241 e. The van der Waals surface area contributed by atoms with E-state index in [-0.39, 0.29) is 11.4 Å². The average Bonchev–Trinajstić information content (AvgIpc) is 3.07. The van der Waals surface area contributed by atoms with Crippen molar-refractivity contribution in [2.75, 3.05) is 6.54 Å². The van der Waals surface area contributed by atoms with Gasteiger partial charge in [0, 0.05) is 12.7 Å².